The molecule has 0 saturated heterocycles. The van der Waals surface area contributed by atoms with Gasteiger partial charge in [0.2, 0.25) is 5.91 Å². The highest BCUT2D eigenvalue weighted by molar-refractivity contribution is 5.83. The summed E-state index contributed by atoms with van der Waals surface area (Å²) in [6.07, 6.45) is 0.742. The van der Waals surface area contributed by atoms with E-state index in [4.69, 9.17) is 5.11 Å². The monoisotopic (exact) mass is 283 g/mol. The Labute approximate surface area is 114 Å². The molecule has 20 heavy (non-hydrogen) atoms. The molecule has 108 valence electrons. The second kappa shape index (κ2) is 5.98. The SMILES string of the molecule is O=C(O)CCCNC(=O)[C@H]1C[C@@H]1c1c(F)cccc1F. The third kappa shape index (κ3) is 3.31. The summed E-state index contributed by atoms with van der Waals surface area (Å²) >= 11 is 0. The average molecular weight is 283 g/mol. The largest absolute Gasteiger partial charge is 0.481 e. The predicted molar refractivity (Wildman–Crippen MR) is 67.1 cm³/mol. The van der Waals surface area contributed by atoms with E-state index in [2.05, 4.69) is 5.32 Å². The Morgan fingerprint density at radius 2 is 1.95 bits per heavy atom. The molecule has 0 spiro atoms. The number of hydrogen-bond donors (Lipinski definition) is 2. The van der Waals surface area contributed by atoms with Gasteiger partial charge in [0.25, 0.3) is 0 Å². The fourth-order valence-corrected chi connectivity index (χ4v) is 2.25. The normalized spacial score (nSPS) is 20.5. The Hall–Kier alpha value is -1.98. The van der Waals surface area contributed by atoms with Gasteiger partial charge in [0.05, 0.1) is 0 Å². The number of halogens is 2. The standard InChI is InChI=1S/C14H15F2NO3/c15-10-3-1-4-11(16)13(10)8-7-9(8)14(20)17-6-2-5-12(18)19/h1,3-4,8-9H,2,5-7H2,(H,17,20)(H,18,19)/t8-,9-/m0/s1. The smallest absolute Gasteiger partial charge is 0.303 e. The van der Waals surface area contributed by atoms with Crippen LogP contribution in [0.2, 0.25) is 0 Å². The molecule has 1 aliphatic carbocycles. The number of amides is 1. The van der Waals surface area contributed by atoms with Crippen molar-refractivity contribution in [3.63, 3.8) is 0 Å². The van der Waals surface area contributed by atoms with Crippen LogP contribution in [0.15, 0.2) is 18.2 Å². The van der Waals surface area contributed by atoms with Crippen molar-refractivity contribution in [2.75, 3.05) is 6.54 Å². The fourth-order valence-electron chi connectivity index (χ4n) is 2.25. The lowest BCUT2D eigenvalue weighted by atomic mass is 10.1. The molecular formula is C14H15F2NO3. The topological polar surface area (TPSA) is 66.4 Å². The van der Waals surface area contributed by atoms with Crippen molar-refractivity contribution in [1.82, 2.24) is 5.32 Å². The molecule has 1 amide bonds. The molecule has 6 heteroatoms. The molecule has 4 nitrogen and oxygen atoms in total. The first kappa shape index (κ1) is 14.4. The zero-order valence-corrected chi connectivity index (χ0v) is 10.7. The van der Waals surface area contributed by atoms with Gasteiger partial charge in [-0.25, -0.2) is 8.78 Å². The molecule has 2 rings (SSSR count). The highest BCUT2D eigenvalue weighted by atomic mass is 19.1. The first-order valence-corrected chi connectivity index (χ1v) is 6.44. The van der Waals surface area contributed by atoms with Crippen LogP contribution in [0, 0.1) is 17.6 Å². The maximum Gasteiger partial charge on any atom is 0.303 e. The quantitative estimate of drug-likeness (QED) is 0.785. The molecule has 1 aliphatic rings. The van der Waals surface area contributed by atoms with Gasteiger partial charge in [0, 0.05) is 30.4 Å². The van der Waals surface area contributed by atoms with Crippen LogP contribution in [0.3, 0.4) is 0 Å². The number of benzene rings is 1. The van der Waals surface area contributed by atoms with Crippen LogP contribution < -0.4 is 5.32 Å². The van der Waals surface area contributed by atoms with E-state index in [1.54, 1.807) is 0 Å². The molecule has 0 bridgehead atoms. The number of aliphatic carboxylic acids is 1. The lowest BCUT2D eigenvalue weighted by Gasteiger charge is -2.05. The van der Waals surface area contributed by atoms with Crippen molar-refractivity contribution in [3.8, 4) is 0 Å². The summed E-state index contributed by atoms with van der Waals surface area (Å²) in [7, 11) is 0. The van der Waals surface area contributed by atoms with Crippen molar-refractivity contribution in [3.05, 3.63) is 35.4 Å². The summed E-state index contributed by atoms with van der Waals surface area (Å²) in [6, 6.07) is 3.65. The number of hydrogen-bond acceptors (Lipinski definition) is 2. The van der Waals surface area contributed by atoms with Crippen LogP contribution in [0.4, 0.5) is 8.78 Å². The molecule has 0 aromatic heterocycles. The molecule has 1 aromatic carbocycles. The summed E-state index contributed by atoms with van der Waals surface area (Å²) in [6.45, 7) is 0.258. The minimum absolute atomic E-state index is 0.0175. The number of carboxylic acids is 1. The van der Waals surface area contributed by atoms with Gasteiger partial charge in [-0.2, -0.15) is 0 Å². The van der Waals surface area contributed by atoms with Gasteiger partial charge in [0.15, 0.2) is 0 Å². The molecule has 0 unspecified atom stereocenters. The van der Waals surface area contributed by atoms with Crippen LogP contribution in [0.5, 0.6) is 0 Å². The summed E-state index contributed by atoms with van der Waals surface area (Å²) in [5, 5.41) is 11.0. The molecule has 1 fully saturated rings. The fraction of sp³-hybridized carbons (Fsp3) is 0.429. The van der Waals surface area contributed by atoms with Gasteiger partial charge in [-0.3, -0.25) is 9.59 Å². The average Bonchev–Trinajstić information content (AvgIpc) is 3.14. The minimum atomic E-state index is -0.919. The van der Waals surface area contributed by atoms with Crippen LogP contribution in [0.1, 0.15) is 30.7 Å². The van der Waals surface area contributed by atoms with E-state index in [1.165, 1.54) is 18.2 Å². The summed E-state index contributed by atoms with van der Waals surface area (Å²) in [5.41, 5.74) is -0.0295. The maximum absolute atomic E-state index is 13.5. The zero-order valence-electron chi connectivity index (χ0n) is 10.7. The van der Waals surface area contributed by atoms with Crippen molar-refractivity contribution in [2.24, 2.45) is 5.92 Å². The molecule has 1 aromatic rings. The maximum atomic E-state index is 13.5. The molecule has 2 N–H and O–H groups in total. The van der Waals surface area contributed by atoms with Crippen molar-refractivity contribution in [1.29, 1.82) is 0 Å². The molecular weight excluding hydrogens is 268 g/mol. The molecule has 0 heterocycles. The van der Waals surface area contributed by atoms with E-state index in [1.807, 2.05) is 0 Å². The van der Waals surface area contributed by atoms with E-state index < -0.39 is 29.4 Å². The van der Waals surface area contributed by atoms with E-state index >= 15 is 0 Å². The number of carboxylic acid groups (broad SMARTS) is 1. The summed E-state index contributed by atoms with van der Waals surface area (Å²) < 4.78 is 27.1. The van der Waals surface area contributed by atoms with Crippen LogP contribution in [-0.2, 0) is 9.59 Å². The summed E-state index contributed by atoms with van der Waals surface area (Å²) in [5.74, 6) is -3.30. The Kier molecular flexibility index (Phi) is 4.32. The van der Waals surface area contributed by atoms with Crippen molar-refractivity contribution >= 4 is 11.9 Å². The predicted octanol–water partition coefficient (Wildman–Crippen LogP) is 2.05. The number of nitrogens with one attached hydrogen (secondary N) is 1. The van der Waals surface area contributed by atoms with Crippen molar-refractivity contribution in [2.45, 2.75) is 25.2 Å². The Morgan fingerprint density at radius 3 is 2.55 bits per heavy atom. The first-order valence-electron chi connectivity index (χ1n) is 6.44. The van der Waals surface area contributed by atoms with Gasteiger partial charge in [-0.1, -0.05) is 6.07 Å². The third-order valence-corrected chi connectivity index (χ3v) is 3.36. The Balaban J connectivity index is 1.85. The number of carbonyl (C=O) groups excluding carboxylic acids is 1. The van der Waals surface area contributed by atoms with E-state index in [0.717, 1.165) is 0 Å². The second-order valence-corrected chi connectivity index (χ2v) is 4.87. The van der Waals surface area contributed by atoms with Gasteiger partial charge in [-0.05, 0) is 25.0 Å². The van der Waals surface area contributed by atoms with Gasteiger partial charge >= 0.3 is 5.97 Å². The highest BCUT2D eigenvalue weighted by Crippen LogP contribution is 2.49. The minimum Gasteiger partial charge on any atom is -0.481 e. The lowest BCUT2D eigenvalue weighted by molar-refractivity contribution is -0.137. The van der Waals surface area contributed by atoms with Gasteiger partial charge < -0.3 is 10.4 Å². The Morgan fingerprint density at radius 1 is 1.30 bits per heavy atom. The first-order chi connectivity index (χ1) is 9.50. The molecule has 0 aliphatic heterocycles. The van der Waals surface area contributed by atoms with E-state index in [0.29, 0.717) is 12.8 Å². The lowest BCUT2D eigenvalue weighted by Crippen LogP contribution is -2.26. The van der Waals surface area contributed by atoms with Crippen molar-refractivity contribution < 1.29 is 23.5 Å². The van der Waals surface area contributed by atoms with Crippen LogP contribution >= 0.6 is 0 Å². The van der Waals surface area contributed by atoms with Crippen LogP contribution in [0.25, 0.3) is 0 Å². The van der Waals surface area contributed by atoms with E-state index in [-0.39, 0.29) is 24.4 Å². The Bertz CT molecular complexity index is 513. The zero-order chi connectivity index (χ0) is 14.7. The highest BCUT2D eigenvalue weighted by Gasteiger charge is 2.46. The van der Waals surface area contributed by atoms with E-state index in [9.17, 15) is 18.4 Å². The third-order valence-electron chi connectivity index (χ3n) is 3.36. The van der Waals surface area contributed by atoms with Gasteiger partial charge in [-0.15, -0.1) is 0 Å². The molecule has 0 radical (unpaired) electrons. The van der Waals surface area contributed by atoms with Gasteiger partial charge in [0.1, 0.15) is 11.6 Å². The molecule has 2 atom stereocenters. The number of rotatable bonds is 6. The second-order valence-electron chi connectivity index (χ2n) is 4.87. The number of carbonyl (C=O) groups is 2. The van der Waals surface area contributed by atoms with Crippen LogP contribution in [-0.4, -0.2) is 23.5 Å². The summed E-state index contributed by atoms with van der Waals surface area (Å²) in [4.78, 5) is 22.1. The molecule has 1 saturated carbocycles.